The highest BCUT2D eigenvalue weighted by Crippen LogP contribution is 2.33. The first-order valence-corrected chi connectivity index (χ1v) is 8.27. The lowest BCUT2D eigenvalue weighted by atomic mass is 10.2. The van der Waals surface area contributed by atoms with E-state index >= 15 is 0 Å². The van der Waals surface area contributed by atoms with Crippen molar-refractivity contribution in [3.05, 3.63) is 57.9 Å². The molecule has 2 aromatic rings. The zero-order valence-electron chi connectivity index (χ0n) is 12.8. The molecule has 1 aromatic carbocycles. The first-order valence-electron chi connectivity index (χ1n) is 7.39. The molecule has 2 amide bonds. The second-order valence-corrected chi connectivity index (χ2v) is 6.19. The van der Waals surface area contributed by atoms with E-state index in [1.165, 1.54) is 17.4 Å². The molecule has 0 spiro atoms. The van der Waals surface area contributed by atoms with E-state index in [1.807, 2.05) is 6.92 Å². The van der Waals surface area contributed by atoms with Gasteiger partial charge in [-0.2, -0.15) is 0 Å². The zero-order chi connectivity index (χ0) is 17.3. The number of anilines is 1. The Hall–Kier alpha value is -2.54. The number of rotatable bonds is 5. The van der Waals surface area contributed by atoms with Crippen LogP contribution in [0, 0.1) is 11.6 Å². The number of halogens is 2. The van der Waals surface area contributed by atoms with Gasteiger partial charge in [0.05, 0.1) is 5.57 Å². The number of benzene rings is 1. The molecule has 24 heavy (non-hydrogen) atoms. The quantitative estimate of drug-likeness (QED) is 0.840. The maximum absolute atomic E-state index is 13.4. The van der Waals surface area contributed by atoms with Crippen LogP contribution in [-0.4, -0.2) is 23.3 Å². The molecule has 0 unspecified atom stereocenters. The first-order chi connectivity index (χ1) is 11.5. The Balaban J connectivity index is 2.03. The highest BCUT2D eigenvalue weighted by atomic mass is 32.1. The van der Waals surface area contributed by atoms with Crippen molar-refractivity contribution in [2.75, 3.05) is 11.9 Å². The zero-order valence-corrected chi connectivity index (χ0v) is 13.6. The second-order valence-electron chi connectivity index (χ2n) is 5.24. The smallest absolute Gasteiger partial charge is 0.278 e. The van der Waals surface area contributed by atoms with Crippen molar-refractivity contribution in [1.29, 1.82) is 0 Å². The number of carbonyl (C=O) groups excluding carboxylic acids is 2. The summed E-state index contributed by atoms with van der Waals surface area (Å²) in [5.74, 6) is -2.85. The molecule has 0 atom stereocenters. The molecule has 1 N–H and O–H groups in total. The van der Waals surface area contributed by atoms with Gasteiger partial charge in [-0.15, -0.1) is 11.3 Å². The number of hydrogen-bond acceptors (Lipinski definition) is 4. The lowest BCUT2D eigenvalue weighted by Crippen LogP contribution is -2.33. The van der Waals surface area contributed by atoms with Gasteiger partial charge in [-0.3, -0.25) is 14.5 Å². The monoisotopic (exact) mass is 348 g/mol. The van der Waals surface area contributed by atoms with Crippen molar-refractivity contribution < 1.29 is 18.4 Å². The Kier molecular flexibility index (Phi) is 4.44. The normalized spacial score (nSPS) is 14.7. The highest BCUT2D eigenvalue weighted by molar-refractivity contribution is 7.11. The van der Waals surface area contributed by atoms with Crippen molar-refractivity contribution in [3.8, 4) is 0 Å². The second kappa shape index (κ2) is 6.52. The van der Waals surface area contributed by atoms with E-state index in [4.69, 9.17) is 0 Å². The largest absolute Gasteiger partial charge is 0.350 e. The summed E-state index contributed by atoms with van der Waals surface area (Å²) < 4.78 is 26.5. The van der Waals surface area contributed by atoms with Crippen molar-refractivity contribution in [2.24, 2.45) is 0 Å². The fourth-order valence-electron chi connectivity index (χ4n) is 2.49. The third kappa shape index (κ3) is 2.82. The predicted octanol–water partition coefficient (Wildman–Crippen LogP) is 3.63. The summed E-state index contributed by atoms with van der Waals surface area (Å²) in [5, 5.41) is 4.59. The maximum atomic E-state index is 13.4. The van der Waals surface area contributed by atoms with Gasteiger partial charge in [-0.25, -0.2) is 8.78 Å². The van der Waals surface area contributed by atoms with E-state index < -0.39 is 17.5 Å². The summed E-state index contributed by atoms with van der Waals surface area (Å²) in [6.45, 7) is 2.17. The Morgan fingerprint density at radius 3 is 2.54 bits per heavy atom. The lowest BCUT2D eigenvalue weighted by Gasteiger charge is -2.13. The van der Waals surface area contributed by atoms with Crippen LogP contribution in [0.5, 0.6) is 0 Å². The molecule has 1 aliphatic heterocycles. The summed E-state index contributed by atoms with van der Waals surface area (Å²) in [6.07, 6.45) is 0.633. The molecular weight excluding hydrogens is 334 g/mol. The van der Waals surface area contributed by atoms with Gasteiger partial charge in [-0.1, -0.05) is 13.0 Å². The number of thiophene rings is 1. The van der Waals surface area contributed by atoms with Crippen LogP contribution in [0.4, 0.5) is 14.5 Å². The van der Waals surface area contributed by atoms with Gasteiger partial charge in [0.25, 0.3) is 11.8 Å². The lowest BCUT2D eigenvalue weighted by molar-refractivity contribution is -0.136. The molecule has 124 valence electrons. The number of nitrogens with one attached hydrogen (secondary N) is 1. The number of imide groups is 1. The number of nitrogens with zero attached hydrogens (tertiary/aromatic N) is 1. The minimum absolute atomic E-state index is 0.0851. The molecule has 2 heterocycles. The van der Waals surface area contributed by atoms with Gasteiger partial charge in [-0.05, 0) is 30.0 Å². The number of carbonyl (C=O) groups is 2. The molecule has 0 radical (unpaired) electrons. The molecule has 4 nitrogen and oxygen atoms in total. The van der Waals surface area contributed by atoms with Crippen LogP contribution in [-0.2, 0) is 9.59 Å². The van der Waals surface area contributed by atoms with E-state index in [0.717, 1.165) is 17.0 Å². The SMILES string of the molecule is CCCN1C(=O)C(Nc2ccc(F)c(F)c2)=C(c2cccs2)C1=O. The van der Waals surface area contributed by atoms with Gasteiger partial charge < -0.3 is 5.32 Å². The van der Waals surface area contributed by atoms with Gasteiger partial charge in [0.2, 0.25) is 0 Å². The minimum Gasteiger partial charge on any atom is -0.350 e. The fourth-order valence-corrected chi connectivity index (χ4v) is 3.25. The van der Waals surface area contributed by atoms with Gasteiger partial charge in [0, 0.05) is 23.2 Å². The van der Waals surface area contributed by atoms with E-state index in [-0.39, 0.29) is 22.9 Å². The number of amides is 2. The molecule has 0 saturated carbocycles. The third-order valence-electron chi connectivity index (χ3n) is 3.57. The summed E-state index contributed by atoms with van der Waals surface area (Å²) in [4.78, 5) is 27.0. The Morgan fingerprint density at radius 2 is 1.92 bits per heavy atom. The summed E-state index contributed by atoms with van der Waals surface area (Å²) >= 11 is 1.33. The van der Waals surface area contributed by atoms with Crippen molar-refractivity contribution in [3.63, 3.8) is 0 Å². The van der Waals surface area contributed by atoms with Crippen molar-refractivity contribution in [2.45, 2.75) is 13.3 Å². The summed E-state index contributed by atoms with van der Waals surface area (Å²) in [5.41, 5.74) is 0.549. The van der Waals surface area contributed by atoms with Gasteiger partial charge >= 0.3 is 0 Å². The van der Waals surface area contributed by atoms with Crippen LogP contribution in [0.1, 0.15) is 18.2 Å². The van der Waals surface area contributed by atoms with Gasteiger partial charge in [0.15, 0.2) is 11.6 Å². The average molecular weight is 348 g/mol. The number of hydrogen-bond donors (Lipinski definition) is 1. The van der Waals surface area contributed by atoms with Crippen LogP contribution in [0.15, 0.2) is 41.4 Å². The van der Waals surface area contributed by atoms with E-state index in [0.29, 0.717) is 17.8 Å². The fraction of sp³-hybridized carbons (Fsp3) is 0.176. The molecule has 0 aliphatic carbocycles. The molecule has 0 bridgehead atoms. The van der Waals surface area contributed by atoms with Crippen LogP contribution in [0.2, 0.25) is 0 Å². The standard InChI is InChI=1S/C17H14F2N2O2S/c1-2-7-21-16(22)14(13-4-3-8-24-13)15(17(21)23)20-10-5-6-11(18)12(19)9-10/h3-6,8-9,20H,2,7H2,1H3. The topological polar surface area (TPSA) is 49.4 Å². The third-order valence-corrected chi connectivity index (χ3v) is 4.46. The molecule has 0 fully saturated rings. The first kappa shape index (κ1) is 16.3. The van der Waals surface area contributed by atoms with E-state index in [2.05, 4.69) is 5.32 Å². The van der Waals surface area contributed by atoms with Gasteiger partial charge in [0.1, 0.15) is 5.70 Å². The molecule has 7 heteroatoms. The molecule has 1 aliphatic rings. The van der Waals surface area contributed by atoms with Crippen LogP contribution in [0.3, 0.4) is 0 Å². The molecule has 1 aromatic heterocycles. The Morgan fingerprint density at radius 1 is 1.12 bits per heavy atom. The predicted molar refractivity (Wildman–Crippen MR) is 88.2 cm³/mol. The summed E-state index contributed by atoms with van der Waals surface area (Å²) in [7, 11) is 0. The molecule has 3 rings (SSSR count). The highest BCUT2D eigenvalue weighted by Gasteiger charge is 2.39. The van der Waals surface area contributed by atoms with E-state index in [1.54, 1.807) is 17.5 Å². The minimum atomic E-state index is -1.03. The average Bonchev–Trinajstić information content (AvgIpc) is 3.15. The van der Waals surface area contributed by atoms with Crippen molar-refractivity contribution >= 4 is 34.4 Å². The maximum Gasteiger partial charge on any atom is 0.278 e. The Labute approximate surface area is 141 Å². The van der Waals surface area contributed by atoms with Crippen LogP contribution < -0.4 is 5.32 Å². The van der Waals surface area contributed by atoms with E-state index in [9.17, 15) is 18.4 Å². The summed E-state index contributed by atoms with van der Waals surface area (Å²) in [6, 6.07) is 6.76. The van der Waals surface area contributed by atoms with Crippen LogP contribution in [0.25, 0.3) is 5.57 Å². The molecular formula is C17H14F2N2O2S. The van der Waals surface area contributed by atoms with Crippen LogP contribution >= 0.6 is 11.3 Å². The van der Waals surface area contributed by atoms with Crippen molar-refractivity contribution in [1.82, 2.24) is 4.90 Å². The molecule has 0 saturated heterocycles. The Bertz CT molecular complexity index is 831.